The smallest absolute Gasteiger partial charge is 0.149 e. The Kier molecular flexibility index (Phi) is 4.19. The molecule has 0 fully saturated rings. The lowest BCUT2D eigenvalue weighted by Gasteiger charge is -2.19. The van der Waals surface area contributed by atoms with Gasteiger partial charge in [0, 0.05) is 7.11 Å². The van der Waals surface area contributed by atoms with Gasteiger partial charge in [-0.1, -0.05) is 13.0 Å². The Balaban J connectivity index is 2.65. The van der Waals surface area contributed by atoms with Crippen molar-refractivity contribution in [2.45, 2.75) is 25.3 Å². The number of aromatic nitrogens is 2. The highest BCUT2D eigenvalue weighted by Gasteiger charge is 2.19. The molecule has 0 saturated carbocycles. The van der Waals surface area contributed by atoms with Crippen molar-refractivity contribution in [2.24, 2.45) is 0 Å². The van der Waals surface area contributed by atoms with Gasteiger partial charge in [0.2, 0.25) is 0 Å². The van der Waals surface area contributed by atoms with Gasteiger partial charge in [-0.3, -0.25) is 0 Å². The number of fused-ring (bicyclic) bond motifs is 1. The molecule has 1 unspecified atom stereocenters. The largest absolute Gasteiger partial charge is 0.383 e. The highest BCUT2D eigenvalue weighted by Crippen LogP contribution is 2.26. The number of methoxy groups -OCH3 is 1. The normalized spacial score (nSPS) is 13.1. The van der Waals surface area contributed by atoms with Crippen LogP contribution in [-0.2, 0) is 10.6 Å². The van der Waals surface area contributed by atoms with E-state index in [4.69, 9.17) is 16.3 Å². The summed E-state index contributed by atoms with van der Waals surface area (Å²) in [6, 6.07) is 4.94. The molecule has 0 aliphatic carbocycles. The van der Waals surface area contributed by atoms with E-state index in [2.05, 4.69) is 4.98 Å². The fraction of sp³-hybridized carbons (Fsp3) is 0.462. The van der Waals surface area contributed by atoms with Crippen molar-refractivity contribution in [1.29, 1.82) is 0 Å². The fourth-order valence-corrected chi connectivity index (χ4v) is 2.40. The Morgan fingerprint density at radius 1 is 1.50 bits per heavy atom. The summed E-state index contributed by atoms with van der Waals surface area (Å²) >= 11 is 5.91. The van der Waals surface area contributed by atoms with Crippen LogP contribution in [0, 0.1) is 5.82 Å². The molecule has 3 nitrogen and oxygen atoms in total. The number of ether oxygens (including phenoxy) is 1. The third-order valence-electron chi connectivity index (χ3n) is 3.05. The minimum Gasteiger partial charge on any atom is -0.383 e. The number of hydrogen-bond acceptors (Lipinski definition) is 2. The molecule has 18 heavy (non-hydrogen) atoms. The predicted molar refractivity (Wildman–Crippen MR) is 70.5 cm³/mol. The van der Waals surface area contributed by atoms with Crippen LogP contribution in [0.4, 0.5) is 4.39 Å². The molecule has 0 N–H and O–H groups in total. The number of imidazole rings is 1. The Morgan fingerprint density at radius 2 is 2.28 bits per heavy atom. The lowest BCUT2D eigenvalue weighted by atomic mass is 10.2. The molecule has 98 valence electrons. The second kappa shape index (κ2) is 5.67. The number of nitrogens with zero attached hydrogens (tertiary/aromatic N) is 2. The molecule has 1 heterocycles. The quantitative estimate of drug-likeness (QED) is 0.778. The van der Waals surface area contributed by atoms with Crippen LogP contribution in [0.1, 0.15) is 25.2 Å². The number of para-hydroxylation sites is 1. The molecule has 5 heteroatoms. The zero-order valence-electron chi connectivity index (χ0n) is 10.5. The van der Waals surface area contributed by atoms with Crippen LogP contribution in [0.5, 0.6) is 0 Å². The van der Waals surface area contributed by atoms with Gasteiger partial charge in [0.25, 0.3) is 0 Å². The molecule has 0 radical (unpaired) electrons. The second-order valence-corrected chi connectivity index (χ2v) is 4.42. The minimum atomic E-state index is -0.272. The summed E-state index contributed by atoms with van der Waals surface area (Å²) in [5.74, 6) is 0.667. The minimum absolute atomic E-state index is 0.0469. The molecule has 0 aliphatic heterocycles. The van der Waals surface area contributed by atoms with Gasteiger partial charge in [0.05, 0.1) is 24.0 Å². The van der Waals surface area contributed by atoms with Crippen molar-refractivity contribution in [3.05, 3.63) is 29.8 Å². The molecule has 0 spiro atoms. The van der Waals surface area contributed by atoms with Crippen molar-refractivity contribution >= 4 is 22.6 Å². The average Bonchev–Trinajstić information content (AvgIpc) is 2.76. The van der Waals surface area contributed by atoms with Gasteiger partial charge < -0.3 is 9.30 Å². The summed E-state index contributed by atoms with van der Waals surface area (Å²) in [7, 11) is 1.64. The van der Waals surface area contributed by atoms with Gasteiger partial charge in [0.1, 0.15) is 17.2 Å². The lowest BCUT2D eigenvalue weighted by molar-refractivity contribution is 0.153. The van der Waals surface area contributed by atoms with Gasteiger partial charge in [-0.2, -0.15) is 0 Å². The summed E-state index contributed by atoms with van der Waals surface area (Å²) in [6.45, 7) is 2.55. The average molecular weight is 271 g/mol. The van der Waals surface area contributed by atoms with Gasteiger partial charge in [-0.05, 0) is 18.6 Å². The second-order valence-electron chi connectivity index (χ2n) is 4.16. The molecule has 0 saturated heterocycles. The lowest BCUT2D eigenvalue weighted by Crippen LogP contribution is -2.16. The van der Waals surface area contributed by atoms with Crippen LogP contribution in [0.25, 0.3) is 11.0 Å². The van der Waals surface area contributed by atoms with Crippen LogP contribution >= 0.6 is 11.6 Å². The van der Waals surface area contributed by atoms with E-state index in [0.29, 0.717) is 23.5 Å². The summed E-state index contributed by atoms with van der Waals surface area (Å²) in [4.78, 5) is 4.38. The number of hydrogen-bond donors (Lipinski definition) is 0. The first-order chi connectivity index (χ1) is 8.72. The van der Waals surface area contributed by atoms with Crippen LogP contribution in [0.2, 0.25) is 0 Å². The zero-order chi connectivity index (χ0) is 13.1. The molecular weight excluding hydrogens is 255 g/mol. The first-order valence-electron chi connectivity index (χ1n) is 5.93. The molecule has 0 amide bonds. The Morgan fingerprint density at radius 3 is 2.89 bits per heavy atom. The van der Waals surface area contributed by atoms with E-state index in [1.807, 2.05) is 11.5 Å². The Labute approximate surface area is 111 Å². The Bertz CT molecular complexity index is 541. The number of alkyl halides is 1. The van der Waals surface area contributed by atoms with Crippen LogP contribution in [0.15, 0.2) is 18.2 Å². The zero-order valence-corrected chi connectivity index (χ0v) is 11.2. The summed E-state index contributed by atoms with van der Waals surface area (Å²) in [5.41, 5.74) is 1.15. The first kappa shape index (κ1) is 13.3. The van der Waals surface area contributed by atoms with E-state index >= 15 is 0 Å². The Hall–Kier alpha value is -1.13. The SMILES string of the molecule is CCC(COC)n1c(CCl)nc2cccc(F)c21. The third kappa shape index (κ3) is 2.22. The van der Waals surface area contributed by atoms with E-state index in [9.17, 15) is 4.39 Å². The molecule has 1 aromatic carbocycles. The van der Waals surface area contributed by atoms with Crippen molar-refractivity contribution in [1.82, 2.24) is 9.55 Å². The molecule has 1 aromatic heterocycles. The van der Waals surface area contributed by atoms with Crippen molar-refractivity contribution in [3.8, 4) is 0 Å². The maximum absolute atomic E-state index is 14.0. The predicted octanol–water partition coefficient (Wildman–Crippen LogP) is 3.51. The van der Waals surface area contributed by atoms with Gasteiger partial charge in [0.15, 0.2) is 0 Å². The summed E-state index contributed by atoms with van der Waals surface area (Å²) < 4.78 is 21.0. The fourth-order valence-electron chi connectivity index (χ4n) is 2.21. The molecule has 1 atom stereocenters. The number of benzene rings is 1. The van der Waals surface area contributed by atoms with E-state index in [-0.39, 0.29) is 17.7 Å². The molecule has 2 aromatic rings. The monoisotopic (exact) mass is 270 g/mol. The van der Waals surface area contributed by atoms with Crippen molar-refractivity contribution in [3.63, 3.8) is 0 Å². The third-order valence-corrected chi connectivity index (χ3v) is 3.29. The van der Waals surface area contributed by atoms with Gasteiger partial charge >= 0.3 is 0 Å². The molecule has 0 aliphatic rings. The maximum Gasteiger partial charge on any atom is 0.149 e. The standard InChI is InChI=1S/C13H16ClFN2O/c1-3-9(8-18-2)17-12(7-14)16-11-6-4-5-10(15)13(11)17/h4-6,9H,3,7-8H2,1-2H3. The molecule has 0 bridgehead atoms. The van der Waals surface area contributed by atoms with Crippen molar-refractivity contribution in [2.75, 3.05) is 13.7 Å². The van der Waals surface area contributed by atoms with Crippen LogP contribution < -0.4 is 0 Å². The van der Waals surface area contributed by atoms with Gasteiger partial charge in [-0.25, -0.2) is 9.37 Å². The van der Waals surface area contributed by atoms with E-state index < -0.39 is 0 Å². The summed E-state index contributed by atoms with van der Waals surface area (Å²) in [6.07, 6.45) is 0.831. The van der Waals surface area contributed by atoms with Crippen LogP contribution in [-0.4, -0.2) is 23.3 Å². The maximum atomic E-state index is 14.0. The highest BCUT2D eigenvalue weighted by molar-refractivity contribution is 6.16. The van der Waals surface area contributed by atoms with E-state index in [1.165, 1.54) is 6.07 Å². The van der Waals surface area contributed by atoms with E-state index in [0.717, 1.165) is 6.42 Å². The summed E-state index contributed by atoms with van der Waals surface area (Å²) in [5, 5.41) is 0. The number of halogens is 2. The topological polar surface area (TPSA) is 27.1 Å². The van der Waals surface area contributed by atoms with Crippen molar-refractivity contribution < 1.29 is 9.13 Å². The van der Waals surface area contributed by atoms with E-state index in [1.54, 1.807) is 19.2 Å². The molecule has 2 rings (SSSR count). The number of rotatable bonds is 5. The highest BCUT2D eigenvalue weighted by atomic mass is 35.5. The van der Waals surface area contributed by atoms with Crippen LogP contribution in [0.3, 0.4) is 0 Å². The first-order valence-corrected chi connectivity index (χ1v) is 6.46. The van der Waals surface area contributed by atoms with Gasteiger partial charge in [-0.15, -0.1) is 11.6 Å². The molecular formula is C13H16ClFN2O.